The highest BCUT2D eigenvalue weighted by molar-refractivity contribution is 9.10. The average molecular weight is 298 g/mol. The maximum Gasteiger partial charge on any atom is 0.0668 e. The molecule has 1 aromatic rings. The van der Waals surface area contributed by atoms with Crippen LogP contribution < -0.4 is 0 Å². The Hall–Kier alpha value is -0.380. The Morgan fingerprint density at radius 1 is 1.35 bits per heavy atom. The number of benzene rings is 1. The summed E-state index contributed by atoms with van der Waals surface area (Å²) in [4.78, 5) is 2.38. The summed E-state index contributed by atoms with van der Waals surface area (Å²) < 4.78 is 1.11. The molecule has 0 saturated carbocycles. The zero-order valence-corrected chi connectivity index (χ0v) is 12.1. The first kappa shape index (κ1) is 13.1. The van der Waals surface area contributed by atoms with Crippen molar-refractivity contribution in [3.05, 3.63) is 34.3 Å². The minimum absolute atomic E-state index is 0.168. The molecule has 94 valence electrons. The number of halogens is 1. The van der Waals surface area contributed by atoms with E-state index in [1.54, 1.807) is 0 Å². The molecule has 2 rings (SSSR count). The predicted molar refractivity (Wildman–Crippen MR) is 73.9 cm³/mol. The van der Waals surface area contributed by atoms with Crippen molar-refractivity contribution in [2.75, 3.05) is 6.54 Å². The number of hydrogen-bond donors (Lipinski definition) is 1. The molecule has 1 saturated heterocycles. The lowest BCUT2D eigenvalue weighted by Crippen LogP contribution is -2.51. The van der Waals surface area contributed by atoms with Crippen LogP contribution in [-0.4, -0.2) is 28.2 Å². The highest BCUT2D eigenvalue weighted by atomic mass is 79.9. The molecule has 17 heavy (non-hydrogen) atoms. The zero-order valence-electron chi connectivity index (χ0n) is 10.5. The minimum atomic E-state index is -0.168. The van der Waals surface area contributed by atoms with Crippen molar-refractivity contribution in [2.45, 2.75) is 44.9 Å². The monoisotopic (exact) mass is 297 g/mol. The maximum absolute atomic E-state index is 9.78. The third-order valence-corrected chi connectivity index (χ3v) is 4.19. The lowest BCUT2D eigenvalue weighted by atomic mass is 9.88. The highest BCUT2D eigenvalue weighted by Gasteiger charge is 2.33. The number of likely N-dealkylation sites (tertiary alicyclic amines) is 1. The summed E-state index contributed by atoms with van der Waals surface area (Å²) in [7, 11) is 0. The van der Waals surface area contributed by atoms with Gasteiger partial charge in [-0.2, -0.15) is 0 Å². The van der Waals surface area contributed by atoms with Gasteiger partial charge >= 0.3 is 0 Å². The van der Waals surface area contributed by atoms with Crippen molar-refractivity contribution in [1.29, 1.82) is 0 Å². The van der Waals surface area contributed by atoms with E-state index in [4.69, 9.17) is 0 Å². The van der Waals surface area contributed by atoms with Gasteiger partial charge in [0.15, 0.2) is 0 Å². The molecule has 1 fully saturated rings. The number of β-amino-alcohol motifs (C(OH)–C–C–N with tert-alkyl or cyclic N) is 1. The van der Waals surface area contributed by atoms with Crippen molar-refractivity contribution in [1.82, 2.24) is 4.90 Å². The standard InChI is InChI=1S/C14H20BrNO/c1-14(2)8-7-13(17)10-16(14)9-11-3-5-12(15)6-4-11/h3-6,13,17H,7-10H2,1-2H3. The number of piperidine rings is 1. The molecule has 0 spiro atoms. The molecule has 1 atom stereocenters. The minimum Gasteiger partial charge on any atom is -0.392 e. The van der Waals surface area contributed by atoms with E-state index < -0.39 is 0 Å². The first-order valence-corrected chi connectivity index (χ1v) is 6.94. The molecule has 0 aliphatic carbocycles. The van der Waals surface area contributed by atoms with E-state index in [0.29, 0.717) is 0 Å². The summed E-state index contributed by atoms with van der Waals surface area (Å²) in [6, 6.07) is 8.42. The zero-order chi connectivity index (χ0) is 12.5. The summed E-state index contributed by atoms with van der Waals surface area (Å²) >= 11 is 3.45. The van der Waals surface area contributed by atoms with Gasteiger partial charge in [0.1, 0.15) is 0 Å². The number of hydrogen-bond acceptors (Lipinski definition) is 2. The summed E-state index contributed by atoms with van der Waals surface area (Å²) in [6.07, 6.45) is 1.81. The number of aliphatic hydroxyl groups is 1. The molecule has 0 amide bonds. The van der Waals surface area contributed by atoms with Crippen molar-refractivity contribution in [3.63, 3.8) is 0 Å². The third kappa shape index (κ3) is 3.30. The summed E-state index contributed by atoms with van der Waals surface area (Å²) in [5.41, 5.74) is 1.49. The maximum atomic E-state index is 9.78. The lowest BCUT2D eigenvalue weighted by molar-refractivity contribution is -0.00959. The van der Waals surface area contributed by atoms with Crippen molar-refractivity contribution < 1.29 is 5.11 Å². The van der Waals surface area contributed by atoms with Gasteiger partial charge in [-0.25, -0.2) is 0 Å². The number of aliphatic hydroxyl groups excluding tert-OH is 1. The van der Waals surface area contributed by atoms with E-state index in [9.17, 15) is 5.11 Å². The fourth-order valence-corrected chi connectivity index (χ4v) is 2.62. The average Bonchev–Trinajstić information content (AvgIpc) is 2.27. The number of rotatable bonds is 2. The van der Waals surface area contributed by atoms with E-state index in [2.05, 4.69) is 58.9 Å². The van der Waals surface area contributed by atoms with E-state index in [0.717, 1.165) is 30.4 Å². The molecule has 1 N–H and O–H groups in total. The Bertz CT molecular complexity index is 374. The van der Waals surface area contributed by atoms with Gasteiger partial charge in [0.2, 0.25) is 0 Å². The van der Waals surface area contributed by atoms with Crippen LogP contribution in [0.3, 0.4) is 0 Å². The first-order valence-electron chi connectivity index (χ1n) is 6.15. The third-order valence-electron chi connectivity index (χ3n) is 3.66. The summed E-state index contributed by atoms with van der Waals surface area (Å²) in [6.45, 7) is 6.22. The van der Waals surface area contributed by atoms with E-state index in [1.165, 1.54) is 5.56 Å². The molecule has 1 aromatic carbocycles. The van der Waals surface area contributed by atoms with Crippen LogP contribution >= 0.6 is 15.9 Å². The van der Waals surface area contributed by atoms with Crippen LogP contribution in [0.1, 0.15) is 32.3 Å². The molecule has 0 aromatic heterocycles. The van der Waals surface area contributed by atoms with Crippen LogP contribution in [0, 0.1) is 0 Å². The molecular weight excluding hydrogens is 278 g/mol. The van der Waals surface area contributed by atoms with Crippen LogP contribution in [0.2, 0.25) is 0 Å². The largest absolute Gasteiger partial charge is 0.392 e. The van der Waals surface area contributed by atoms with Crippen LogP contribution in [0.15, 0.2) is 28.7 Å². The second-order valence-corrected chi connectivity index (χ2v) is 6.43. The first-order chi connectivity index (χ1) is 7.97. The normalized spacial score (nSPS) is 24.8. The molecule has 1 heterocycles. The van der Waals surface area contributed by atoms with E-state index >= 15 is 0 Å². The molecule has 1 aliphatic rings. The van der Waals surface area contributed by atoms with Gasteiger partial charge in [0.25, 0.3) is 0 Å². The van der Waals surface area contributed by atoms with Crippen molar-refractivity contribution in [2.24, 2.45) is 0 Å². The van der Waals surface area contributed by atoms with Crippen molar-refractivity contribution in [3.8, 4) is 0 Å². The van der Waals surface area contributed by atoms with Crippen LogP contribution in [0.25, 0.3) is 0 Å². The van der Waals surface area contributed by atoms with Crippen LogP contribution in [0.4, 0.5) is 0 Å². The quantitative estimate of drug-likeness (QED) is 0.906. The molecule has 0 radical (unpaired) electrons. The highest BCUT2D eigenvalue weighted by Crippen LogP contribution is 2.29. The van der Waals surface area contributed by atoms with Crippen LogP contribution in [0.5, 0.6) is 0 Å². The second kappa shape index (κ2) is 5.09. The molecule has 1 aliphatic heterocycles. The summed E-state index contributed by atoms with van der Waals surface area (Å²) in [5, 5.41) is 9.78. The molecule has 0 bridgehead atoms. The van der Waals surface area contributed by atoms with E-state index in [1.807, 2.05) is 0 Å². The van der Waals surface area contributed by atoms with Gasteiger partial charge in [-0.05, 0) is 44.4 Å². The number of nitrogens with zero attached hydrogens (tertiary/aromatic N) is 1. The fraction of sp³-hybridized carbons (Fsp3) is 0.571. The van der Waals surface area contributed by atoms with E-state index in [-0.39, 0.29) is 11.6 Å². The summed E-state index contributed by atoms with van der Waals surface area (Å²) in [5.74, 6) is 0. The Labute approximate surface area is 112 Å². The Morgan fingerprint density at radius 2 is 2.00 bits per heavy atom. The Balaban J connectivity index is 2.08. The van der Waals surface area contributed by atoms with Crippen molar-refractivity contribution >= 4 is 15.9 Å². The molecular formula is C14H20BrNO. The smallest absolute Gasteiger partial charge is 0.0668 e. The SMILES string of the molecule is CC1(C)CCC(O)CN1Cc1ccc(Br)cc1. The molecule has 2 nitrogen and oxygen atoms in total. The Morgan fingerprint density at radius 3 is 2.65 bits per heavy atom. The van der Waals surface area contributed by atoms with Gasteiger partial charge < -0.3 is 5.11 Å². The van der Waals surface area contributed by atoms with Gasteiger partial charge in [0, 0.05) is 23.1 Å². The fourth-order valence-electron chi connectivity index (χ4n) is 2.36. The van der Waals surface area contributed by atoms with Crippen LogP contribution in [-0.2, 0) is 6.54 Å². The van der Waals surface area contributed by atoms with Gasteiger partial charge in [0.05, 0.1) is 6.10 Å². The van der Waals surface area contributed by atoms with Gasteiger partial charge in [-0.3, -0.25) is 4.90 Å². The molecule has 1 unspecified atom stereocenters. The van der Waals surface area contributed by atoms with Gasteiger partial charge in [-0.15, -0.1) is 0 Å². The Kier molecular flexibility index (Phi) is 3.91. The second-order valence-electron chi connectivity index (χ2n) is 5.51. The van der Waals surface area contributed by atoms with Gasteiger partial charge in [-0.1, -0.05) is 28.1 Å². The predicted octanol–water partition coefficient (Wildman–Crippen LogP) is 3.18. The lowest BCUT2D eigenvalue weighted by Gasteiger charge is -2.44. The topological polar surface area (TPSA) is 23.5 Å². The molecule has 3 heteroatoms.